The van der Waals surface area contributed by atoms with Crippen LogP contribution in [0.3, 0.4) is 0 Å². The van der Waals surface area contributed by atoms with Crippen LogP contribution in [0.4, 0.5) is 0 Å². The second-order valence-corrected chi connectivity index (χ2v) is 2.58. The highest BCUT2D eigenvalue weighted by atomic mass is 16.5. The minimum Gasteiger partial charge on any atom is -0.469 e. The zero-order valence-corrected chi connectivity index (χ0v) is 6.42. The predicted molar refractivity (Wildman–Crippen MR) is 37.8 cm³/mol. The van der Waals surface area contributed by atoms with E-state index in [4.69, 9.17) is 0 Å². The molecule has 1 heterocycles. The molecular weight excluding hydrogens is 146 g/mol. The second-order valence-electron chi connectivity index (χ2n) is 2.58. The minimum absolute atomic E-state index is 0.00468. The van der Waals surface area contributed by atoms with E-state index in [-0.39, 0.29) is 17.9 Å². The molecule has 1 fully saturated rings. The van der Waals surface area contributed by atoms with Crippen molar-refractivity contribution in [3.63, 3.8) is 0 Å². The fourth-order valence-corrected chi connectivity index (χ4v) is 1.11. The van der Waals surface area contributed by atoms with Gasteiger partial charge >= 0.3 is 5.97 Å². The van der Waals surface area contributed by atoms with Gasteiger partial charge in [0.15, 0.2) is 0 Å². The van der Waals surface area contributed by atoms with Crippen LogP contribution in [-0.2, 0) is 14.3 Å². The fraction of sp³-hybridized carbons (Fsp3) is 0.714. The summed E-state index contributed by atoms with van der Waals surface area (Å²) in [7, 11) is 1.35. The van der Waals surface area contributed by atoms with Crippen LogP contribution in [0.2, 0.25) is 0 Å². The van der Waals surface area contributed by atoms with Gasteiger partial charge in [0.05, 0.1) is 13.5 Å². The van der Waals surface area contributed by atoms with E-state index in [1.165, 1.54) is 7.11 Å². The van der Waals surface area contributed by atoms with Crippen molar-refractivity contribution >= 4 is 11.9 Å². The van der Waals surface area contributed by atoms with Gasteiger partial charge < -0.3 is 10.1 Å². The van der Waals surface area contributed by atoms with Gasteiger partial charge in [0.2, 0.25) is 5.91 Å². The minimum atomic E-state index is -0.266. The number of esters is 1. The van der Waals surface area contributed by atoms with Crippen molar-refractivity contribution < 1.29 is 14.3 Å². The number of rotatable bonds is 2. The van der Waals surface area contributed by atoms with E-state index in [0.717, 1.165) is 6.42 Å². The molecule has 1 N–H and O–H groups in total. The van der Waals surface area contributed by atoms with Crippen LogP contribution in [0.25, 0.3) is 0 Å². The molecule has 1 saturated heterocycles. The molecule has 0 bridgehead atoms. The maximum Gasteiger partial charge on any atom is 0.307 e. The Morgan fingerprint density at radius 2 is 2.55 bits per heavy atom. The normalized spacial score (nSPS) is 23.0. The van der Waals surface area contributed by atoms with Gasteiger partial charge in [-0.25, -0.2) is 0 Å². The number of ether oxygens (including phenoxy) is 1. The Morgan fingerprint density at radius 3 is 3.00 bits per heavy atom. The van der Waals surface area contributed by atoms with Crippen LogP contribution in [0, 0.1) is 0 Å². The van der Waals surface area contributed by atoms with Gasteiger partial charge in [-0.05, 0) is 6.42 Å². The zero-order valence-electron chi connectivity index (χ0n) is 6.42. The Hall–Kier alpha value is -1.06. The third-order valence-corrected chi connectivity index (χ3v) is 1.73. The molecule has 0 aromatic heterocycles. The lowest BCUT2D eigenvalue weighted by Gasteiger charge is -2.06. The lowest BCUT2D eigenvalue weighted by molar-refractivity contribution is -0.141. The summed E-state index contributed by atoms with van der Waals surface area (Å²) >= 11 is 0. The highest BCUT2D eigenvalue weighted by Crippen LogP contribution is 2.09. The SMILES string of the molecule is COC(=O)CC1CCC(=O)N1. The number of nitrogens with one attached hydrogen (secondary N) is 1. The smallest absolute Gasteiger partial charge is 0.307 e. The number of hydrogen-bond donors (Lipinski definition) is 1. The molecule has 0 spiro atoms. The van der Waals surface area contributed by atoms with E-state index in [2.05, 4.69) is 10.1 Å². The van der Waals surface area contributed by atoms with Gasteiger partial charge in [0.1, 0.15) is 0 Å². The first-order valence-electron chi connectivity index (χ1n) is 3.58. The molecule has 11 heavy (non-hydrogen) atoms. The summed E-state index contributed by atoms with van der Waals surface area (Å²) in [4.78, 5) is 21.4. The zero-order chi connectivity index (χ0) is 8.27. The van der Waals surface area contributed by atoms with Crippen molar-refractivity contribution in [3.8, 4) is 0 Å². The Bertz CT molecular complexity index is 179. The van der Waals surface area contributed by atoms with Gasteiger partial charge in [-0.15, -0.1) is 0 Å². The molecule has 0 aromatic rings. The number of amides is 1. The van der Waals surface area contributed by atoms with Crippen molar-refractivity contribution in [3.05, 3.63) is 0 Å². The molecule has 0 radical (unpaired) electrons. The molecule has 1 rings (SSSR count). The molecule has 1 unspecified atom stereocenters. The van der Waals surface area contributed by atoms with Gasteiger partial charge in [-0.3, -0.25) is 9.59 Å². The van der Waals surface area contributed by atoms with Gasteiger partial charge in [0.25, 0.3) is 0 Å². The number of hydrogen-bond acceptors (Lipinski definition) is 3. The lowest BCUT2D eigenvalue weighted by Crippen LogP contribution is -2.27. The summed E-state index contributed by atoms with van der Waals surface area (Å²) in [6.45, 7) is 0. The average molecular weight is 157 g/mol. The van der Waals surface area contributed by atoms with Gasteiger partial charge in [-0.1, -0.05) is 0 Å². The topological polar surface area (TPSA) is 55.4 Å². The summed E-state index contributed by atoms with van der Waals surface area (Å²) in [6, 6.07) is -0.00468. The lowest BCUT2D eigenvalue weighted by atomic mass is 10.2. The van der Waals surface area contributed by atoms with Crippen LogP contribution in [0.1, 0.15) is 19.3 Å². The Balaban J connectivity index is 2.28. The Kier molecular flexibility index (Phi) is 2.46. The second kappa shape index (κ2) is 3.37. The predicted octanol–water partition coefficient (Wildman–Crippen LogP) is -0.172. The van der Waals surface area contributed by atoms with Gasteiger partial charge in [-0.2, -0.15) is 0 Å². The van der Waals surface area contributed by atoms with Crippen LogP contribution in [0.15, 0.2) is 0 Å². The fourth-order valence-electron chi connectivity index (χ4n) is 1.11. The average Bonchev–Trinajstić information content (AvgIpc) is 2.35. The van der Waals surface area contributed by atoms with Crippen molar-refractivity contribution in [2.75, 3.05) is 7.11 Å². The Labute approximate surface area is 64.9 Å². The maximum atomic E-state index is 10.7. The van der Waals surface area contributed by atoms with E-state index in [9.17, 15) is 9.59 Å². The maximum absolute atomic E-state index is 10.7. The highest BCUT2D eigenvalue weighted by Gasteiger charge is 2.22. The molecular formula is C7H11NO3. The summed E-state index contributed by atoms with van der Waals surface area (Å²) in [5.74, 6) is -0.240. The largest absolute Gasteiger partial charge is 0.469 e. The third kappa shape index (κ3) is 2.22. The molecule has 62 valence electrons. The van der Waals surface area contributed by atoms with E-state index >= 15 is 0 Å². The number of carbonyl (C=O) groups excluding carboxylic acids is 2. The molecule has 0 aromatic carbocycles. The van der Waals surface area contributed by atoms with Gasteiger partial charge in [0, 0.05) is 12.5 Å². The monoisotopic (exact) mass is 157 g/mol. The van der Waals surface area contributed by atoms with Crippen LogP contribution >= 0.6 is 0 Å². The molecule has 1 aliphatic heterocycles. The summed E-state index contributed by atoms with van der Waals surface area (Å²) < 4.78 is 4.46. The molecule has 1 aliphatic rings. The standard InChI is InChI=1S/C7H11NO3/c1-11-7(10)4-5-2-3-6(9)8-5/h5H,2-4H2,1H3,(H,8,9). The first-order chi connectivity index (χ1) is 5.22. The highest BCUT2D eigenvalue weighted by molar-refractivity contribution is 5.80. The first kappa shape index (κ1) is 8.04. The van der Waals surface area contributed by atoms with Crippen LogP contribution < -0.4 is 5.32 Å². The van der Waals surface area contributed by atoms with E-state index in [0.29, 0.717) is 12.8 Å². The van der Waals surface area contributed by atoms with E-state index in [1.807, 2.05) is 0 Å². The quantitative estimate of drug-likeness (QED) is 0.566. The third-order valence-electron chi connectivity index (χ3n) is 1.73. The van der Waals surface area contributed by atoms with Crippen molar-refractivity contribution in [2.24, 2.45) is 0 Å². The van der Waals surface area contributed by atoms with E-state index < -0.39 is 0 Å². The summed E-state index contributed by atoms with van der Waals surface area (Å²) in [5.41, 5.74) is 0. The van der Waals surface area contributed by atoms with Crippen molar-refractivity contribution in [1.82, 2.24) is 5.32 Å². The molecule has 1 amide bonds. The summed E-state index contributed by atoms with van der Waals surface area (Å²) in [6.07, 6.45) is 1.57. The van der Waals surface area contributed by atoms with E-state index in [1.54, 1.807) is 0 Å². The van der Waals surface area contributed by atoms with Crippen molar-refractivity contribution in [1.29, 1.82) is 0 Å². The molecule has 0 aliphatic carbocycles. The number of carbonyl (C=O) groups is 2. The number of methoxy groups -OCH3 is 1. The molecule has 4 nitrogen and oxygen atoms in total. The van der Waals surface area contributed by atoms with Crippen LogP contribution in [0.5, 0.6) is 0 Å². The molecule has 1 atom stereocenters. The molecule has 0 saturated carbocycles. The summed E-state index contributed by atoms with van der Waals surface area (Å²) in [5, 5.41) is 2.68. The van der Waals surface area contributed by atoms with Crippen molar-refractivity contribution in [2.45, 2.75) is 25.3 Å². The first-order valence-corrected chi connectivity index (χ1v) is 3.58. The Morgan fingerprint density at radius 1 is 1.82 bits per heavy atom. The molecule has 4 heteroatoms. The van der Waals surface area contributed by atoms with Crippen LogP contribution in [-0.4, -0.2) is 25.0 Å².